The first-order valence-corrected chi connectivity index (χ1v) is 17.6. The predicted octanol–water partition coefficient (Wildman–Crippen LogP) is 6.72. The molecule has 3 aromatic heterocycles. The van der Waals surface area contributed by atoms with Crippen LogP contribution < -0.4 is 15.1 Å². The topological polar surface area (TPSA) is 111 Å². The number of ether oxygens (including phenoxy) is 2. The summed E-state index contributed by atoms with van der Waals surface area (Å²) in [6, 6.07) is 12.5. The number of amides is 1. The van der Waals surface area contributed by atoms with Crippen LogP contribution in [0.1, 0.15) is 94.1 Å². The molecule has 4 aromatic rings. The number of carbonyl (C=O) groups is 1. The van der Waals surface area contributed by atoms with Gasteiger partial charge in [-0.05, 0) is 102 Å². The van der Waals surface area contributed by atoms with Crippen molar-refractivity contribution >= 4 is 34.6 Å². The molecule has 0 saturated carbocycles. The summed E-state index contributed by atoms with van der Waals surface area (Å²) in [6.45, 7) is 11.0. The summed E-state index contributed by atoms with van der Waals surface area (Å²) in [6.07, 6.45) is 9.12. The van der Waals surface area contributed by atoms with Crippen molar-refractivity contribution in [1.82, 2.24) is 30.0 Å². The van der Waals surface area contributed by atoms with E-state index in [1.54, 1.807) is 0 Å². The first-order chi connectivity index (χ1) is 23.2. The number of hydrogen-bond acceptors (Lipinski definition) is 9. The lowest BCUT2D eigenvalue weighted by Crippen LogP contribution is -2.48. The lowest BCUT2D eigenvalue weighted by atomic mass is 9.72. The van der Waals surface area contributed by atoms with Gasteiger partial charge in [-0.3, -0.25) is 4.98 Å². The zero-order chi connectivity index (χ0) is 33.0. The smallest absolute Gasteiger partial charge is 0.408 e. The van der Waals surface area contributed by atoms with E-state index in [1.165, 1.54) is 11.1 Å². The van der Waals surface area contributed by atoms with Crippen molar-refractivity contribution < 1.29 is 14.3 Å². The second-order valence-corrected chi connectivity index (χ2v) is 14.9. The fraction of sp³-hybridized carbons (Fsp3) is 0.541. The molecule has 2 saturated heterocycles. The number of benzene rings is 1. The lowest BCUT2D eigenvalue weighted by Gasteiger charge is -2.44. The van der Waals surface area contributed by atoms with Gasteiger partial charge in [-0.1, -0.05) is 24.3 Å². The van der Waals surface area contributed by atoms with E-state index in [0.717, 1.165) is 117 Å². The third-order valence-electron chi connectivity index (χ3n) is 10.5. The van der Waals surface area contributed by atoms with Gasteiger partial charge in [0.25, 0.3) is 0 Å². The second kappa shape index (κ2) is 12.0. The summed E-state index contributed by atoms with van der Waals surface area (Å²) in [4.78, 5) is 33.0. The van der Waals surface area contributed by atoms with E-state index in [-0.39, 0.29) is 23.8 Å². The molecular formula is C37H46N8O3. The van der Waals surface area contributed by atoms with Crippen LogP contribution in [0.5, 0.6) is 0 Å². The number of anilines is 3. The molecule has 1 spiro atoms. The largest absolute Gasteiger partial charge is 0.444 e. The van der Waals surface area contributed by atoms with Crippen molar-refractivity contribution in [2.24, 2.45) is 5.41 Å². The summed E-state index contributed by atoms with van der Waals surface area (Å²) < 4.78 is 14.0. The van der Waals surface area contributed by atoms with Crippen molar-refractivity contribution in [3.63, 3.8) is 0 Å². The predicted molar refractivity (Wildman–Crippen MR) is 185 cm³/mol. The van der Waals surface area contributed by atoms with Crippen LogP contribution in [-0.2, 0) is 22.3 Å². The zero-order valence-electron chi connectivity index (χ0n) is 28.5. The Bertz CT molecular complexity index is 1830. The highest BCUT2D eigenvalue weighted by Gasteiger charge is 2.49. The fourth-order valence-corrected chi connectivity index (χ4v) is 8.29. The van der Waals surface area contributed by atoms with Crippen LogP contribution in [0.3, 0.4) is 0 Å². The maximum atomic E-state index is 13.1. The van der Waals surface area contributed by atoms with Gasteiger partial charge in [0.15, 0.2) is 29.0 Å². The third-order valence-corrected chi connectivity index (χ3v) is 10.5. The Morgan fingerprint density at radius 3 is 2.65 bits per heavy atom. The fourth-order valence-electron chi connectivity index (χ4n) is 8.29. The zero-order valence-corrected chi connectivity index (χ0v) is 28.5. The highest BCUT2D eigenvalue weighted by atomic mass is 16.6. The minimum atomic E-state index is -0.559. The molecule has 11 nitrogen and oxygen atoms in total. The van der Waals surface area contributed by atoms with E-state index < -0.39 is 5.60 Å². The number of aromatic nitrogens is 5. The molecule has 1 amide bonds. The summed E-state index contributed by atoms with van der Waals surface area (Å²) >= 11 is 0. The summed E-state index contributed by atoms with van der Waals surface area (Å²) in [7, 11) is 0. The van der Waals surface area contributed by atoms with Crippen molar-refractivity contribution in [2.75, 3.05) is 36.0 Å². The number of hydrogen-bond donors (Lipinski definition) is 1. The highest BCUT2D eigenvalue weighted by molar-refractivity contribution is 5.88. The minimum absolute atomic E-state index is 0.0942. The number of nitrogens with one attached hydrogen (secondary N) is 1. The molecule has 1 unspecified atom stereocenters. The lowest BCUT2D eigenvalue weighted by molar-refractivity contribution is -0.0368. The second-order valence-electron chi connectivity index (χ2n) is 14.9. The van der Waals surface area contributed by atoms with Gasteiger partial charge < -0.3 is 24.6 Å². The number of aryl methyl sites for hydroxylation is 2. The van der Waals surface area contributed by atoms with E-state index in [4.69, 9.17) is 24.5 Å². The van der Waals surface area contributed by atoms with E-state index in [0.29, 0.717) is 0 Å². The van der Waals surface area contributed by atoms with Gasteiger partial charge in [-0.2, -0.15) is 0 Å². The summed E-state index contributed by atoms with van der Waals surface area (Å²) in [5, 5.41) is 8.49. The number of carbonyl (C=O) groups excluding carboxylic acids is 1. The molecule has 1 aliphatic carbocycles. The molecule has 4 aliphatic rings. The first kappa shape index (κ1) is 31.0. The van der Waals surface area contributed by atoms with Crippen LogP contribution in [0.2, 0.25) is 0 Å². The van der Waals surface area contributed by atoms with E-state index in [9.17, 15) is 4.79 Å². The van der Waals surface area contributed by atoms with Crippen LogP contribution in [0.25, 0.3) is 11.2 Å². The molecule has 48 heavy (non-hydrogen) atoms. The Hall–Kier alpha value is -4.25. The molecule has 252 valence electrons. The average molecular weight is 651 g/mol. The normalized spacial score (nSPS) is 22.1. The maximum Gasteiger partial charge on any atom is 0.408 e. The molecule has 3 aliphatic heterocycles. The molecule has 8 rings (SSSR count). The summed E-state index contributed by atoms with van der Waals surface area (Å²) in [5.41, 5.74) is 6.52. The van der Waals surface area contributed by atoms with Crippen molar-refractivity contribution in [2.45, 2.75) is 96.9 Å². The van der Waals surface area contributed by atoms with Crippen LogP contribution in [0.4, 0.5) is 22.1 Å². The van der Waals surface area contributed by atoms with Gasteiger partial charge in [0.2, 0.25) is 0 Å². The third kappa shape index (κ3) is 5.55. The van der Waals surface area contributed by atoms with Gasteiger partial charge in [0.05, 0.1) is 23.1 Å². The molecular weight excluding hydrogens is 604 g/mol. The van der Waals surface area contributed by atoms with Crippen molar-refractivity contribution in [1.29, 1.82) is 0 Å². The van der Waals surface area contributed by atoms with Gasteiger partial charge in [-0.25, -0.2) is 19.4 Å². The Balaban J connectivity index is 1.11. The molecule has 1 aromatic carbocycles. The number of piperidine rings is 1. The molecule has 11 heteroatoms. The Morgan fingerprint density at radius 1 is 1.02 bits per heavy atom. The van der Waals surface area contributed by atoms with Crippen molar-refractivity contribution in [3.8, 4) is 0 Å². The van der Waals surface area contributed by atoms with Crippen LogP contribution in [-0.4, -0.2) is 62.7 Å². The number of alkyl carbamates (subject to hydrolysis) is 1. The van der Waals surface area contributed by atoms with E-state index in [1.807, 2.05) is 37.7 Å². The SMILES string of the molecule is Cc1nc2c(N3CCCc4ncccc43)nn(C3CCCCO3)c2nc1N1CCC2(CC1)Cc1ccccc1[C@H]2NC(=O)OC(C)(C)C. The van der Waals surface area contributed by atoms with Gasteiger partial charge in [-0.15, -0.1) is 5.10 Å². The van der Waals surface area contributed by atoms with Crippen LogP contribution in [0.15, 0.2) is 42.6 Å². The van der Waals surface area contributed by atoms with Gasteiger partial charge >= 0.3 is 6.09 Å². The highest BCUT2D eigenvalue weighted by Crippen LogP contribution is 2.52. The molecule has 0 bridgehead atoms. The van der Waals surface area contributed by atoms with Crippen LogP contribution >= 0.6 is 0 Å². The maximum absolute atomic E-state index is 13.1. The van der Waals surface area contributed by atoms with Crippen molar-refractivity contribution in [3.05, 3.63) is 65.1 Å². The number of rotatable bonds is 4. The Labute approximate surface area is 282 Å². The first-order valence-electron chi connectivity index (χ1n) is 17.6. The molecule has 6 heterocycles. The Kier molecular flexibility index (Phi) is 7.77. The number of pyridine rings is 1. The average Bonchev–Trinajstić information content (AvgIpc) is 3.59. The standard InChI is InChI=1S/C37H46N8O3/c1-24-32(43-20-16-37(17-21-43)23-25-11-5-6-12-26(25)31(37)40-35(46)48-36(2,3)4)41-33-30(39-24)34(42-45(33)29-15-7-8-22-47-29)44-19-10-13-27-28(44)14-9-18-38-27/h5-6,9,11-12,14,18,29,31H,7-8,10,13,15-17,19-23H2,1-4H3,(H,40,46)/t29?,31-/m1/s1. The quantitative estimate of drug-likeness (QED) is 0.257. The van der Waals surface area contributed by atoms with E-state index >= 15 is 0 Å². The van der Waals surface area contributed by atoms with E-state index in [2.05, 4.69) is 57.4 Å². The minimum Gasteiger partial charge on any atom is -0.444 e. The van der Waals surface area contributed by atoms with Crippen LogP contribution in [0, 0.1) is 12.3 Å². The number of nitrogens with zero attached hydrogens (tertiary/aromatic N) is 7. The number of fused-ring (bicyclic) bond motifs is 3. The summed E-state index contributed by atoms with van der Waals surface area (Å²) in [5.74, 6) is 1.72. The van der Waals surface area contributed by atoms with Gasteiger partial charge in [0, 0.05) is 37.9 Å². The Morgan fingerprint density at radius 2 is 1.85 bits per heavy atom. The monoisotopic (exact) mass is 650 g/mol. The molecule has 2 fully saturated rings. The van der Waals surface area contributed by atoms with Gasteiger partial charge in [0.1, 0.15) is 5.60 Å². The molecule has 0 radical (unpaired) electrons. The molecule has 2 atom stereocenters. The molecule has 1 N–H and O–H groups in total.